The average Bonchev–Trinajstić information content (AvgIpc) is 2.87. The number of halogens is 1. The molecule has 34 heavy (non-hydrogen) atoms. The Balaban J connectivity index is 1.63. The molecule has 0 fully saturated rings. The monoisotopic (exact) mass is 457 g/mol. The van der Waals surface area contributed by atoms with E-state index in [4.69, 9.17) is 9.47 Å². The van der Waals surface area contributed by atoms with Crippen molar-refractivity contribution in [3.63, 3.8) is 0 Å². The molecule has 4 aromatic rings. The first-order valence-electron chi connectivity index (χ1n) is 10.9. The van der Waals surface area contributed by atoms with Gasteiger partial charge in [0.15, 0.2) is 0 Å². The van der Waals surface area contributed by atoms with Crippen molar-refractivity contribution in [2.24, 2.45) is 0 Å². The van der Waals surface area contributed by atoms with Crippen LogP contribution in [-0.2, 0) is 22.6 Å². The SMILES string of the molecule is COC(=O)[C@H](Cc1ccccc1)NC(=O)c1ccc2ccccc2c1OCc1ccc(F)cc1. The van der Waals surface area contributed by atoms with E-state index in [1.54, 1.807) is 18.2 Å². The van der Waals surface area contributed by atoms with Gasteiger partial charge >= 0.3 is 5.97 Å². The van der Waals surface area contributed by atoms with E-state index in [1.807, 2.05) is 60.7 Å². The Labute approximate surface area is 197 Å². The van der Waals surface area contributed by atoms with Crippen LogP contribution in [0.15, 0.2) is 91.0 Å². The highest BCUT2D eigenvalue weighted by atomic mass is 19.1. The molecule has 1 N–H and O–H groups in total. The number of hydrogen-bond acceptors (Lipinski definition) is 4. The molecule has 0 bridgehead atoms. The van der Waals surface area contributed by atoms with Crippen molar-refractivity contribution in [3.05, 3.63) is 114 Å². The summed E-state index contributed by atoms with van der Waals surface area (Å²) in [5, 5.41) is 4.46. The van der Waals surface area contributed by atoms with E-state index in [0.717, 1.165) is 21.9 Å². The highest BCUT2D eigenvalue weighted by Gasteiger charge is 2.25. The molecule has 6 heteroatoms. The lowest BCUT2D eigenvalue weighted by atomic mass is 10.0. The van der Waals surface area contributed by atoms with Crippen LogP contribution in [0, 0.1) is 5.82 Å². The Bertz CT molecular complexity index is 1290. The van der Waals surface area contributed by atoms with Gasteiger partial charge in [0.2, 0.25) is 0 Å². The van der Waals surface area contributed by atoms with E-state index in [2.05, 4.69) is 5.32 Å². The minimum atomic E-state index is -0.865. The highest BCUT2D eigenvalue weighted by Crippen LogP contribution is 2.31. The van der Waals surface area contributed by atoms with E-state index in [0.29, 0.717) is 17.7 Å². The third kappa shape index (κ3) is 5.41. The Morgan fingerprint density at radius 3 is 2.29 bits per heavy atom. The summed E-state index contributed by atoms with van der Waals surface area (Å²) in [6.07, 6.45) is 0.290. The van der Waals surface area contributed by atoms with Crippen LogP contribution in [0.4, 0.5) is 4.39 Å². The van der Waals surface area contributed by atoms with Crippen LogP contribution in [0.3, 0.4) is 0 Å². The van der Waals surface area contributed by atoms with E-state index in [-0.39, 0.29) is 12.4 Å². The van der Waals surface area contributed by atoms with E-state index in [1.165, 1.54) is 19.2 Å². The van der Waals surface area contributed by atoms with Crippen LogP contribution >= 0.6 is 0 Å². The zero-order chi connectivity index (χ0) is 23.9. The van der Waals surface area contributed by atoms with Crippen molar-refractivity contribution in [2.75, 3.05) is 7.11 Å². The molecule has 0 radical (unpaired) electrons. The van der Waals surface area contributed by atoms with Gasteiger partial charge < -0.3 is 14.8 Å². The predicted molar refractivity (Wildman–Crippen MR) is 128 cm³/mol. The van der Waals surface area contributed by atoms with Gasteiger partial charge in [0.05, 0.1) is 12.7 Å². The summed E-state index contributed by atoms with van der Waals surface area (Å²) < 4.78 is 24.3. The van der Waals surface area contributed by atoms with Crippen LogP contribution in [-0.4, -0.2) is 25.0 Å². The third-order valence-corrected chi connectivity index (χ3v) is 5.49. The summed E-state index contributed by atoms with van der Waals surface area (Å²) in [4.78, 5) is 25.8. The number of fused-ring (bicyclic) bond motifs is 1. The third-order valence-electron chi connectivity index (χ3n) is 5.49. The number of rotatable bonds is 8. The summed E-state index contributed by atoms with van der Waals surface area (Å²) in [6.45, 7) is 0.152. The van der Waals surface area contributed by atoms with Crippen molar-refractivity contribution in [1.29, 1.82) is 0 Å². The fourth-order valence-electron chi connectivity index (χ4n) is 3.73. The normalized spacial score (nSPS) is 11.6. The lowest BCUT2D eigenvalue weighted by Crippen LogP contribution is -2.43. The second kappa shape index (κ2) is 10.6. The van der Waals surface area contributed by atoms with Gasteiger partial charge in [0.1, 0.15) is 24.2 Å². The number of nitrogens with one attached hydrogen (secondary N) is 1. The van der Waals surface area contributed by atoms with Gasteiger partial charge in [0.25, 0.3) is 5.91 Å². The van der Waals surface area contributed by atoms with Gasteiger partial charge in [0, 0.05) is 11.8 Å². The van der Waals surface area contributed by atoms with Crippen LogP contribution in [0.25, 0.3) is 10.8 Å². The molecule has 0 saturated carbocycles. The van der Waals surface area contributed by atoms with Crippen LogP contribution in [0.1, 0.15) is 21.5 Å². The number of carbonyl (C=O) groups is 2. The maximum absolute atomic E-state index is 13.3. The second-order valence-electron chi connectivity index (χ2n) is 7.82. The van der Waals surface area contributed by atoms with Crippen molar-refractivity contribution in [1.82, 2.24) is 5.32 Å². The summed E-state index contributed by atoms with van der Waals surface area (Å²) in [6, 6.07) is 25.6. The fraction of sp³-hybridized carbons (Fsp3) is 0.143. The number of hydrogen-bond donors (Lipinski definition) is 1. The van der Waals surface area contributed by atoms with Gasteiger partial charge in [-0.05, 0) is 34.7 Å². The van der Waals surface area contributed by atoms with Crippen molar-refractivity contribution < 1.29 is 23.5 Å². The van der Waals surface area contributed by atoms with Gasteiger partial charge in [-0.3, -0.25) is 4.79 Å². The smallest absolute Gasteiger partial charge is 0.328 e. The fourth-order valence-corrected chi connectivity index (χ4v) is 3.73. The standard InChI is InChI=1S/C28H24FNO4/c1-33-28(32)25(17-19-7-3-2-4-8-19)30-27(31)24-16-13-21-9-5-6-10-23(21)26(24)34-18-20-11-14-22(29)15-12-20/h2-16,25H,17-18H2,1H3,(H,30,31)/t25-/m0/s1. The maximum atomic E-state index is 13.3. The molecule has 0 saturated heterocycles. The van der Waals surface area contributed by atoms with Crippen LogP contribution in [0.5, 0.6) is 5.75 Å². The van der Waals surface area contributed by atoms with Gasteiger partial charge in [-0.2, -0.15) is 0 Å². The first-order valence-corrected chi connectivity index (χ1v) is 10.9. The first-order chi connectivity index (χ1) is 16.5. The summed E-state index contributed by atoms with van der Waals surface area (Å²) in [5.74, 6) is -0.928. The second-order valence-corrected chi connectivity index (χ2v) is 7.82. The molecule has 0 spiro atoms. The molecule has 0 aliphatic rings. The largest absolute Gasteiger partial charge is 0.487 e. The average molecular weight is 458 g/mol. The van der Waals surface area contributed by atoms with Gasteiger partial charge in [-0.25, -0.2) is 9.18 Å². The quantitative estimate of drug-likeness (QED) is 0.375. The van der Waals surface area contributed by atoms with Crippen LogP contribution < -0.4 is 10.1 Å². The molecule has 4 aromatic carbocycles. The Morgan fingerprint density at radius 2 is 1.56 bits per heavy atom. The molecular formula is C28H24FNO4. The van der Waals surface area contributed by atoms with E-state index in [9.17, 15) is 14.0 Å². The molecule has 0 heterocycles. The van der Waals surface area contributed by atoms with Gasteiger partial charge in [-0.1, -0.05) is 72.8 Å². The number of amides is 1. The number of ether oxygens (including phenoxy) is 2. The lowest BCUT2D eigenvalue weighted by Gasteiger charge is -2.19. The zero-order valence-electron chi connectivity index (χ0n) is 18.7. The van der Waals surface area contributed by atoms with E-state index < -0.39 is 17.9 Å². The Kier molecular flexibility index (Phi) is 7.18. The Hall–Kier alpha value is -4.19. The van der Waals surface area contributed by atoms with Crippen molar-refractivity contribution in [3.8, 4) is 5.75 Å². The van der Waals surface area contributed by atoms with Crippen molar-refractivity contribution >= 4 is 22.6 Å². The molecule has 1 amide bonds. The molecule has 0 aromatic heterocycles. The summed E-state index contributed by atoms with van der Waals surface area (Å²) in [7, 11) is 1.29. The van der Waals surface area contributed by atoms with E-state index >= 15 is 0 Å². The minimum Gasteiger partial charge on any atom is -0.487 e. The molecule has 0 unspecified atom stereocenters. The minimum absolute atomic E-state index is 0.152. The number of esters is 1. The summed E-state index contributed by atoms with van der Waals surface area (Å²) in [5.41, 5.74) is 1.95. The number of benzene rings is 4. The number of carbonyl (C=O) groups excluding carboxylic acids is 2. The maximum Gasteiger partial charge on any atom is 0.328 e. The predicted octanol–water partition coefficient (Wildman–Crippen LogP) is 5.07. The molecule has 1 atom stereocenters. The lowest BCUT2D eigenvalue weighted by molar-refractivity contribution is -0.142. The molecule has 0 aliphatic carbocycles. The molecule has 0 aliphatic heterocycles. The number of methoxy groups -OCH3 is 1. The molecular weight excluding hydrogens is 433 g/mol. The Morgan fingerprint density at radius 1 is 0.853 bits per heavy atom. The molecule has 4 rings (SSSR count). The van der Waals surface area contributed by atoms with Gasteiger partial charge in [-0.15, -0.1) is 0 Å². The summed E-state index contributed by atoms with van der Waals surface area (Å²) >= 11 is 0. The topological polar surface area (TPSA) is 64.6 Å². The first kappa shape index (κ1) is 23.0. The molecule has 172 valence electrons. The highest BCUT2D eigenvalue weighted by molar-refractivity contribution is 6.05. The van der Waals surface area contributed by atoms with Crippen molar-refractivity contribution in [2.45, 2.75) is 19.1 Å². The van der Waals surface area contributed by atoms with Crippen LogP contribution in [0.2, 0.25) is 0 Å². The zero-order valence-corrected chi connectivity index (χ0v) is 18.7. The molecule has 5 nitrogen and oxygen atoms in total.